The van der Waals surface area contributed by atoms with Crippen LogP contribution in [0.15, 0.2) is 66.7 Å². The van der Waals surface area contributed by atoms with E-state index in [4.69, 9.17) is 19.4 Å². The first kappa shape index (κ1) is 28.1. The third-order valence-corrected chi connectivity index (χ3v) is 7.07. The van der Waals surface area contributed by atoms with Gasteiger partial charge >= 0.3 is 6.09 Å². The lowest BCUT2D eigenvalue weighted by Gasteiger charge is -2.33. The van der Waals surface area contributed by atoms with E-state index in [0.29, 0.717) is 25.3 Å². The van der Waals surface area contributed by atoms with Gasteiger partial charge in [0, 0.05) is 30.3 Å². The van der Waals surface area contributed by atoms with Crippen LogP contribution in [-0.2, 0) is 16.1 Å². The van der Waals surface area contributed by atoms with Gasteiger partial charge in [0.1, 0.15) is 29.8 Å². The molecule has 2 aromatic heterocycles. The van der Waals surface area contributed by atoms with Gasteiger partial charge in [0.2, 0.25) is 5.91 Å². The standard InChI is InChI=1S/C32H37N5O4/c1-21(33-31(39)41-32(2,3)4)30(38)37-18-16-23(17-19-37)26-14-15-27-29(34-26)36-28(35-27)24-10-12-25(13-11-24)40-20-22-8-6-5-7-9-22/h5-15,21,23H,16-20H2,1-4H3,(H,33,39)(H,34,35,36). The molecule has 5 rings (SSSR count). The molecule has 0 spiro atoms. The minimum Gasteiger partial charge on any atom is -0.489 e. The second kappa shape index (κ2) is 12.0. The second-order valence-electron chi connectivity index (χ2n) is 11.5. The van der Waals surface area contributed by atoms with E-state index in [-0.39, 0.29) is 11.8 Å². The summed E-state index contributed by atoms with van der Waals surface area (Å²) in [5, 5.41) is 2.64. The number of fused-ring (bicyclic) bond motifs is 1. The van der Waals surface area contributed by atoms with Gasteiger partial charge in [0.25, 0.3) is 0 Å². The van der Waals surface area contributed by atoms with Crippen LogP contribution >= 0.6 is 0 Å². The number of nitrogens with one attached hydrogen (secondary N) is 2. The highest BCUT2D eigenvalue weighted by Gasteiger charge is 2.29. The highest BCUT2D eigenvalue weighted by molar-refractivity contribution is 5.85. The van der Waals surface area contributed by atoms with Crippen LogP contribution in [0, 0.1) is 0 Å². The van der Waals surface area contributed by atoms with E-state index >= 15 is 0 Å². The number of carbonyl (C=O) groups is 2. The Balaban J connectivity index is 1.17. The van der Waals surface area contributed by atoms with E-state index in [9.17, 15) is 9.59 Å². The summed E-state index contributed by atoms with van der Waals surface area (Å²) in [6, 6.07) is 21.4. The Hall–Kier alpha value is -4.40. The molecule has 2 aromatic carbocycles. The average Bonchev–Trinajstić information content (AvgIpc) is 3.39. The lowest BCUT2D eigenvalue weighted by Crippen LogP contribution is -2.50. The Morgan fingerprint density at radius 2 is 1.71 bits per heavy atom. The topological polar surface area (TPSA) is 109 Å². The van der Waals surface area contributed by atoms with E-state index in [1.54, 1.807) is 32.6 Å². The molecule has 0 saturated carbocycles. The maximum absolute atomic E-state index is 12.9. The summed E-state index contributed by atoms with van der Waals surface area (Å²) < 4.78 is 11.2. The van der Waals surface area contributed by atoms with Gasteiger partial charge in [-0.15, -0.1) is 0 Å². The molecule has 2 N–H and O–H groups in total. The number of amides is 2. The molecule has 0 aliphatic carbocycles. The smallest absolute Gasteiger partial charge is 0.408 e. The maximum atomic E-state index is 12.9. The number of imidazole rings is 1. The van der Waals surface area contributed by atoms with E-state index in [0.717, 1.165) is 46.8 Å². The van der Waals surface area contributed by atoms with Gasteiger partial charge in [-0.3, -0.25) is 4.79 Å². The molecule has 0 radical (unpaired) electrons. The molecular weight excluding hydrogens is 518 g/mol. The lowest BCUT2D eigenvalue weighted by molar-refractivity contribution is -0.134. The Kier molecular flexibility index (Phi) is 8.23. The summed E-state index contributed by atoms with van der Waals surface area (Å²) in [5.41, 5.74) is 4.00. The summed E-state index contributed by atoms with van der Waals surface area (Å²) in [4.78, 5) is 39.7. The van der Waals surface area contributed by atoms with Crippen LogP contribution < -0.4 is 10.1 Å². The van der Waals surface area contributed by atoms with Gasteiger partial charge in [0.05, 0.1) is 5.52 Å². The zero-order valence-electron chi connectivity index (χ0n) is 24.0. The first-order valence-electron chi connectivity index (χ1n) is 14.1. The number of hydrogen-bond donors (Lipinski definition) is 2. The highest BCUT2D eigenvalue weighted by Crippen LogP contribution is 2.29. The second-order valence-corrected chi connectivity index (χ2v) is 11.5. The molecule has 214 valence electrons. The molecule has 1 fully saturated rings. The molecule has 9 heteroatoms. The fourth-order valence-corrected chi connectivity index (χ4v) is 4.94. The van der Waals surface area contributed by atoms with E-state index in [2.05, 4.69) is 10.3 Å². The number of H-pyrrole nitrogens is 1. The number of ether oxygens (including phenoxy) is 2. The molecule has 1 atom stereocenters. The minimum atomic E-state index is -0.650. The van der Waals surface area contributed by atoms with E-state index in [1.807, 2.05) is 66.7 Å². The van der Waals surface area contributed by atoms with Crippen LogP contribution in [0.4, 0.5) is 4.79 Å². The van der Waals surface area contributed by atoms with E-state index < -0.39 is 17.7 Å². The molecule has 1 unspecified atom stereocenters. The van der Waals surface area contributed by atoms with Gasteiger partial charge in [-0.25, -0.2) is 14.8 Å². The van der Waals surface area contributed by atoms with Crippen molar-refractivity contribution in [1.29, 1.82) is 0 Å². The molecule has 1 aliphatic heterocycles. The molecule has 1 saturated heterocycles. The molecule has 41 heavy (non-hydrogen) atoms. The van der Waals surface area contributed by atoms with Gasteiger partial charge in [-0.2, -0.15) is 0 Å². The molecule has 9 nitrogen and oxygen atoms in total. The van der Waals surface area contributed by atoms with Gasteiger partial charge in [0.15, 0.2) is 5.65 Å². The maximum Gasteiger partial charge on any atom is 0.408 e. The summed E-state index contributed by atoms with van der Waals surface area (Å²) in [6.45, 7) is 8.79. The van der Waals surface area contributed by atoms with Crippen LogP contribution in [0.1, 0.15) is 57.7 Å². The number of piperidine rings is 1. The number of alkyl carbamates (subject to hydrolysis) is 1. The molecule has 3 heterocycles. The Labute approximate surface area is 240 Å². The fraction of sp³-hybridized carbons (Fsp3) is 0.375. The highest BCUT2D eigenvalue weighted by atomic mass is 16.6. The molecule has 2 amide bonds. The Bertz CT molecular complexity index is 1490. The van der Waals surface area contributed by atoms with Crippen molar-refractivity contribution in [3.05, 3.63) is 78.0 Å². The average molecular weight is 556 g/mol. The van der Waals surface area contributed by atoms with Crippen molar-refractivity contribution in [1.82, 2.24) is 25.2 Å². The van der Waals surface area contributed by atoms with Crippen molar-refractivity contribution in [2.45, 2.75) is 64.7 Å². The lowest BCUT2D eigenvalue weighted by atomic mass is 9.92. The van der Waals surface area contributed by atoms with Crippen LogP contribution in [0.3, 0.4) is 0 Å². The van der Waals surface area contributed by atoms with Gasteiger partial charge < -0.3 is 24.7 Å². The van der Waals surface area contributed by atoms with Crippen molar-refractivity contribution in [3.8, 4) is 17.1 Å². The first-order valence-corrected chi connectivity index (χ1v) is 14.1. The first-order chi connectivity index (χ1) is 19.6. The SMILES string of the molecule is CC(NC(=O)OC(C)(C)C)C(=O)N1CCC(c2ccc3[nH]c(-c4ccc(OCc5ccccc5)cc4)nc3n2)CC1. The van der Waals surface area contributed by atoms with Crippen LogP contribution in [0.5, 0.6) is 5.75 Å². The van der Waals surface area contributed by atoms with Crippen LogP contribution in [0.2, 0.25) is 0 Å². The zero-order valence-corrected chi connectivity index (χ0v) is 24.0. The number of rotatable bonds is 7. The van der Waals surface area contributed by atoms with Crippen LogP contribution in [-0.4, -0.2) is 56.6 Å². The third kappa shape index (κ3) is 7.22. The largest absolute Gasteiger partial charge is 0.489 e. The van der Waals surface area contributed by atoms with Crippen LogP contribution in [0.25, 0.3) is 22.6 Å². The summed E-state index contributed by atoms with van der Waals surface area (Å²) in [6.07, 6.45) is 1.01. The molecule has 1 aliphatic rings. The third-order valence-electron chi connectivity index (χ3n) is 7.07. The van der Waals surface area contributed by atoms with Crippen molar-refractivity contribution >= 4 is 23.2 Å². The number of likely N-dealkylation sites (tertiary alicyclic amines) is 1. The summed E-state index contributed by atoms with van der Waals surface area (Å²) >= 11 is 0. The molecule has 4 aromatic rings. The Morgan fingerprint density at radius 3 is 2.39 bits per heavy atom. The number of aromatic amines is 1. The summed E-state index contributed by atoms with van der Waals surface area (Å²) in [7, 11) is 0. The predicted molar refractivity (Wildman–Crippen MR) is 157 cm³/mol. The van der Waals surface area contributed by atoms with Crippen molar-refractivity contribution in [2.75, 3.05) is 13.1 Å². The Morgan fingerprint density at radius 1 is 1.00 bits per heavy atom. The number of pyridine rings is 1. The van der Waals surface area contributed by atoms with Crippen molar-refractivity contribution < 1.29 is 19.1 Å². The molecule has 0 bridgehead atoms. The predicted octanol–water partition coefficient (Wildman–Crippen LogP) is 5.82. The zero-order chi connectivity index (χ0) is 29.0. The van der Waals surface area contributed by atoms with Crippen molar-refractivity contribution in [3.63, 3.8) is 0 Å². The van der Waals surface area contributed by atoms with Gasteiger partial charge in [-0.05, 0) is 82.5 Å². The number of nitrogens with zero attached hydrogens (tertiary/aromatic N) is 3. The number of aromatic nitrogens is 3. The number of hydrogen-bond acceptors (Lipinski definition) is 6. The van der Waals surface area contributed by atoms with Gasteiger partial charge in [-0.1, -0.05) is 30.3 Å². The van der Waals surface area contributed by atoms with E-state index in [1.165, 1.54) is 0 Å². The number of carbonyl (C=O) groups excluding carboxylic acids is 2. The number of benzene rings is 2. The monoisotopic (exact) mass is 555 g/mol. The minimum absolute atomic E-state index is 0.105. The fourth-order valence-electron chi connectivity index (χ4n) is 4.94. The normalized spacial score (nSPS) is 15.0. The quantitative estimate of drug-likeness (QED) is 0.297. The summed E-state index contributed by atoms with van der Waals surface area (Å²) in [5.74, 6) is 1.69. The molecular formula is C32H37N5O4. The van der Waals surface area contributed by atoms with Crippen molar-refractivity contribution in [2.24, 2.45) is 0 Å².